The molecule has 0 fully saturated rings. The van der Waals surface area contributed by atoms with Gasteiger partial charge in [0, 0.05) is 11.3 Å². The molecule has 4 rings (SSSR count). The van der Waals surface area contributed by atoms with Crippen molar-refractivity contribution in [3.63, 3.8) is 0 Å². The third-order valence-corrected chi connectivity index (χ3v) is 4.85. The number of halogens is 1. The summed E-state index contributed by atoms with van der Waals surface area (Å²) in [7, 11) is 1.56. The van der Waals surface area contributed by atoms with Crippen LogP contribution in [0.3, 0.4) is 0 Å². The lowest BCUT2D eigenvalue weighted by molar-refractivity contribution is 0.102. The van der Waals surface area contributed by atoms with Crippen molar-refractivity contribution in [1.82, 2.24) is 10.2 Å². The van der Waals surface area contributed by atoms with Crippen molar-refractivity contribution in [2.24, 2.45) is 0 Å². The first kappa shape index (κ1) is 20.4. The summed E-state index contributed by atoms with van der Waals surface area (Å²) in [5.41, 5.74) is 2.64. The van der Waals surface area contributed by atoms with Gasteiger partial charge in [-0.25, -0.2) is 0 Å². The Hall–Kier alpha value is -3.84. The maximum absolute atomic E-state index is 12.5. The molecule has 2 N–H and O–H groups in total. The summed E-state index contributed by atoms with van der Waals surface area (Å²) < 4.78 is 10.9. The third-order valence-electron chi connectivity index (χ3n) is 4.52. The maximum Gasteiger partial charge on any atom is 0.255 e. The van der Waals surface area contributed by atoms with E-state index in [4.69, 9.17) is 20.8 Å². The Bertz CT molecular complexity index is 1190. The van der Waals surface area contributed by atoms with Crippen molar-refractivity contribution in [2.45, 2.75) is 6.54 Å². The van der Waals surface area contributed by atoms with Gasteiger partial charge < -0.3 is 19.8 Å². The van der Waals surface area contributed by atoms with E-state index in [2.05, 4.69) is 20.8 Å². The predicted molar refractivity (Wildman–Crippen MR) is 119 cm³/mol. The largest absolute Gasteiger partial charge is 0.495 e. The van der Waals surface area contributed by atoms with Crippen LogP contribution < -0.4 is 15.4 Å². The number of anilines is 2. The maximum atomic E-state index is 12.5. The van der Waals surface area contributed by atoms with E-state index >= 15 is 0 Å². The number of amides is 1. The van der Waals surface area contributed by atoms with Crippen LogP contribution in [0.2, 0.25) is 5.02 Å². The van der Waals surface area contributed by atoms with Gasteiger partial charge in [0.25, 0.3) is 5.91 Å². The second-order valence-electron chi connectivity index (χ2n) is 6.57. The summed E-state index contributed by atoms with van der Waals surface area (Å²) in [5, 5.41) is 14.7. The lowest BCUT2D eigenvalue weighted by atomic mass is 10.2. The van der Waals surface area contributed by atoms with Crippen LogP contribution in [0.5, 0.6) is 5.75 Å². The van der Waals surface area contributed by atoms with Gasteiger partial charge in [0.2, 0.25) is 11.8 Å². The summed E-state index contributed by atoms with van der Waals surface area (Å²) in [6.45, 7) is 0.338. The molecule has 1 amide bonds. The van der Waals surface area contributed by atoms with Gasteiger partial charge in [-0.1, -0.05) is 35.9 Å². The fraction of sp³-hybridized carbons (Fsp3) is 0.0870. The smallest absolute Gasteiger partial charge is 0.255 e. The zero-order chi connectivity index (χ0) is 21.6. The number of benzene rings is 3. The summed E-state index contributed by atoms with van der Waals surface area (Å²) in [6, 6.07) is 21.6. The summed E-state index contributed by atoms with van der Waals surface area (Å²) in [5.74, 6) is 1.17. The fourth-order valence-electron chi connectivity index (χ4n) is 2.93. The van der Waals surface area contributed by atoms with Crippen molar-refractivity contribution in [1.29, 1.82) is 0 Å². The molecule has 156 valence electrons. The van der Waals surface area contributed by atoms with E-state index in [0.717, 1.165) is 5.69 Å². The molecule has 0 unspecified atom stereocenters. The Kier molecular flexibility index (Phi) is 6.14. The van der Waals surface area contributed by atoms with E-state index in [9.17, 15) is 4.79 Å². The number of methoxy groups -OCH3 is 1. The average molecular weight is 435 g/mol. The number of nitrogens with one attached hydrogen (secondary N) is 2. The van der Waals surface area contributed by atoms with E-state index in [1.165, 1.54) is 0 Å². The summed E-state index contributed by atoms with van der Waals surface area (Å²) >= 11 is 6.17. The van der Waals surface area contributed by atoms with Gasteiger partial charge in [0.1, 0.15) is 5.75 Å². The number of ether oxygens (including phenoxy) is 1. The molecular formula is C23H19ClN4O3. The van der Waals surface area contributed by atoms with E-state index in [0.29, 0.717) is 45.9 Å². The quantitative estimate of drug-likeness (QED) is 0.412. The molecule has 0 saturated heterocycles. The number of aromatic nitrogens is 2. The monoisotopic (exact) mass is 434 g/mol. The molecule has 0 saturated carbocycles. The topological polar surface area (TPSA) is 89.3 Å². The Morgan fingerprint density at radius 2 is 1.74 bits per heavy atom. The molecule has 0 bridgehead atoms. The standard InChI is InChI=1S/C23H19ClN4O3/c1-30-20-9-5-4-8-19(20)26-22(29)15-10-12-16(13-11-15)25-14-21-27-28-23(31-21)17-6-2-3-7-18(17)24/h2-13,25H,14H2,1H3,(H,26,29). The number of rotatable bonds is 7. The molecule has 0 atom stereocenters. The number of carbonyl (C=O) groups is 1. The lowest BCUT2D eigenvalue weighted by Gasteiger charge is -2.10. The molecule has 1 heterocycles. The van der Waals surface area contributed by atoms with Crippen LogP contribution in [-0.4, -0.2) is 23.2 Å². The van der Waals surface area contributed by atoms with Crippen LogP contribution in [-0.2, 0) is 6.54 Å². The minimum atomic E-state index is -0.225. The highest BCUT2D eigenvalue weighted by Gasteiger charge is 2.12. The van der Waals surface area contributed by atoms with Gasteiger partial charge in [-0.15, -0.1) is 10.2 Å². The third kappa shape index (κ3) is 4.84. The zero-order valence-corrected chi connectivity index (χ0v) is 17.4. The Labute approximate surface area is 184 Å². The van der Waals surface area contributed by atoms with Crippen LogP contribution in [0, 0.1) is 0 Å². The highest BCUT2D eigenvalue weighted by Crippen LogP contribution is 2.26. The first-order valence-electron chi connectivity index (χ1n) is 9.49. The molecule has 0 aliphatic rings. The van der Waals surface area contributed by atoms with Crippen LogP contribution in [0.4, 0.5) is 11.4 Å². The molecule has 0 radical (unpaired) electrons. The molecule has 0 aliphatic heterocycles. The Morgan fingerprint density at radius 1 is 1.00 bits per heavy atom. The Morgan fingerprint density at radius 3 is 2.52 bits per heavy atom. The highest BCUT2D eigenvalue weighted by atomic mass is 35.5. The van der Waals surface area contributed by atoms with Crippen LogP contribution >= 0.6 is 11.6 Å². The normalized spacial score (nSPS) is 10.5. The molecular weight excluding hydrogens is 416 g/mol. The average Bonchev–Trinajstić information content (AvgIpc) is 3.27. The zero-order valence-electron chi connectivity index (χ0n) is 16.6. The fourth-order valence-corrected chi connectivity index (χ4v) is 3.14. The van der Waals surface area contributed by atoms with Gasteiger partial charge in [0.15, 0.2) is 0 Å². The molecule has 4 aromatic rings. The number of nitrogens with zero attached hydrogens (tertiary/aromatic N) is 2. The number of hydrogen-bond donors (Lipinski definition) is 2. The number of carbonyl (C=O) groups excluding carboxylic acids is 1. The van der Waals surface area contributed by atoms with E-state index in [-0.39, 0.29) is 5.91 Å². The van der Waals surface area contributed by atoms with Crippen molar-refractivity contribution in [2.75, 3.05) is 17.7 Å². The van der Waals surface area contributed by atoms with Crippen molar-refractivity contribution in [3.05, 3.63) is 89.3 Å². The molecule has 3 aromatic carbocycles. The predicted octanol–water partition coefficient (Wildman–Crippen LogP) is 5.26. The van der Waals surface area contributed by atoms with Crippen molar-refractivity contribution in [3.8, 4) is 17.2 Å². The first-order chi connectivity index (χ1) is 15.1. The summed E-state index contributed by atoms with van der Waals surface area (Å²) in [6.07, 6.45) is 0. The van der Waals surface area contributed by atoms with Crippen LogP contribution in [0.1, 0.15) is 16.2 Å². The second kappa shape index (κ2) is 9.32. The molecule has 1 aromatic heterocycles. The van der Waals surface area contributed by atoms with Crippen LogP contribution in [0.25, 0.3) is 11.5 Å². The lowest BCUT2D eigenvalue weighted by Crippen LogP contribution is -2.12. The van der Waals surface area contributed by atoms with Gasteiger partial charge in [-0.2, -0.15) is 0 Å². The first-order valence-corrected chi connectivity index (χ1v) is 9.87. The number of para-hydroxylation sites is 2. The number of hydrogen-bond acceptors (Lipinski definition) is 6. The minimum absolute atomic E-state index is 0.225. The van der Waals surface area contributed by atoms with Gasteiger partial charge >= 0.3 is 0 Å². The molecule has 7 nitrogen and oxygen atoms in total. The molecule has 31 heavy (non-hydrogen) atoms. The molecule has 8 heteroatoms. The van der Waals surface area contributed by atoms with E-state index < -0.39 is 0 Å². The van der Waals surface area contributed by atoms with Gasteiger partial charge in [-0.05, 0) is 48.5 Å². The van der Waals surface area contributed by atoms with Crippen LogP contribution in [0.15, 0.2) is 77.2 Å². The van der Waals surface area contributed by atoms with E-state index in [1.54, 1.807) is 37.4 Å². The van der Waals surface area contributed by atoms with Crippen molar-refractivity contribution >= 4 is 28.9 Å². The molecule has 0 spiro atoms. The van der Waals surface area contributed by atoms with Crippen molar-refractivity contribution < 1.29 is 13.9 Å². The molecule has 0 aliphatic carbocycles. The van der Waals surface area contributed by atoms with E-state index in [1.807, 2.05) is 42.5 Å². The SMILES string of the molecule is COc1ccccc1NC(=O)c1ccc(NCc2nnc(-c3ccccc3Cl)o2)cc1. The highest BCUT2D eigenvalue weighted by molar-refractivity contribution is 6.33. The minimum Gasteiger partial charge on any atom is -0.495 e. The summed E-state index contributed by atoms with van der Waals surface area (Å²) in [4.78, 5) is 12.5. The Balaban J connectivity index is 1.37. The second-order valence-corrected chi connectivity index (χ2v) is 6.97. The van der Waals surface area contributed by atoms with Gasteiger partial charge in [0.05, 0.1) is 29.9 Å². The van der Waals surface area contributed by atoms with Gasteiger partial charge in [-0.3, -0.25) is 4.79 Å².